The number of nitrogens with one attached hydrogen (secondary N) is 1. The summed E-state index contributed by atoms with van der Waals surface area (Å²) in [5.74, 6) is -0.138. The lowest BCUT2D eigenvalue weighted by Crippen LogP contribution is -2.40. The minimum absolute atomic E-state index is 0.0398. The quantitative estimate of drug-likeness (QED) is 0.795. The largest absolute Gasteiger partial charge is 0.328 e. The maximum absolute atomic E-state index is 12.1. The number of rotatable bonds is 5. The minimum atomic E-state index is -0.491. The Kier molecular flexibility index (Phi) is 4.54. The topological polar surface area (TPSA) is 75.2 Å². The predicted molar refractivity (Wildman–Crippen MR) is 76.2 cm³/mol. The third kappa shape index (κ3) is 3.25. The van der Waals surface area contributed by atoms with Gasteiger partial charge in [-0.3, -0.25) is 14.2 Å². The van der Waals surface area contributed by atoms with Crippen LogP contribution in [0.15, 0.2) is 15.8 Å². The van der Waals surface area contributed by atoms with Crippen molar-refractivity contribution in [3.63, 3.8) is 0 Å². The van der Waals surface area contributed by atoms with Gasteiger partial charge in [-0.1, -0.05) is 6.92 Å². The van der Waals surface area contributed by atoms with Crippen molar-refractivity contribution in [1.29, 1.82) is 0 Å². The summed E-state index contributed by atoms with van der Waals surface area (Å²) in [5, 5.41) is 0. The highest BCUT2D eigenvalue weighted by atomic mass is 16.2. The third-order valence-corrected chi connectivity index (χ3v) is 3.70. The number of H-pyrrole nitrogens is 1. The van der Waals surface area contributed by atoms with E-state index in [0.29, 0.717) is 6.54 Å². The van der Waals surface area contributed by atoms with E-state index in [1.165, 1.54) is 26.0 Å². The van der Waals surface area contributed by atoms with Gasteiger partial charge in [0.2, 0.25) is 0 Å². The van der Waals surface area contributed by atoms with Crippen LogP contribution < -0.4 is 11.2 Å². The highest BCUT2D eigenvalue weighted by Crippen LogP contribution is 2.10. The molecule has 6 heteroatoms. The van der Waals surface area contributed by atoms with Gasteiger partial charge in [0.1, 0.15) is 0 Å². The van der Waals surface area contributed by atoms with Crippen molar-refractivity contribution in [3.8, 4) is 0 Å². The van der Waals surface area contributed by atoms with E-state index < -0.39 is 11.2 Å². The highest BCUT2D eigenvalue weighted by Gasteiger charge is 2.17. The smallest absolute Gasteiger partial charge is 0.313 e. The number of nitrogens with zero attached hydrogens (tertiary/aromatic N) is 2. The summed E-state index contributed by atoms with van der Waals surface area (Å²) in [6.07, 6.45) is 3.63. The molecule has 0 amide bonds. The molecule has 0 spiro atoms. The van der Waals surface area contributed by atoms with Crippen molar-refractivity contribution in [1.82, 2.24) is 14.5 Å². The summed E-state index contributed by atoms with van der Waals surface area (Å²) < 4.78 is 1.14. The second kappa shape index (κ2) is 6.17. The Morgan fingerprint density at radius 1 is 1.30 bits per heavy atom. The molecular weight excluding hydrogens is 258 g/mol. The van der Waals surface area contributed by atoms with Crippen LogP contribution in [0.5, 0.6) is 0 Å². The van der Waals surface area contributed by atoms with E-state index in [4.69, 9.17) is 0 Å². The molecule has 2 heterocycles. The van der Waals surface area contributed by atoms with Crippen molar-refractivity contribution in [2.24, 2.45) is 5.92 Å². The second-order valence-corrected chi connectivity index (χ2v) is 5.59. The number of aromatic amines is 1. The average molecular weight is 279 g/mol. The van der Waals surface area contributed by atoms with E-state index in [9.17, 15) is 14.4 Å². The van der Waals surface area contributed by atoms with E-state index >= 15 is 0 Å². The fourth-order valence-corrected chi connectivity index (χ4v) is 2.70. The monoisotopic (exact) mass is 279 g/mol. The van der Waals surface area contributed by atoms with Crippen LogP contribution in [0, 0.1) is 5.92 Å². The number of ketones is 1. The van der Waals surface area contributed by atoms with Crippen molar-refractivity contribution in [2.45, 2.75) is 33.2 Å². The van der Waals surface area contributed by atoms with Gasteiger partial charge in [0.15, 0.2) is 5.78 Å². The molecule has 1 aromatic rings. The Morgan fingerprint density at radius 2 is 1.95 bits per heavy atom. The van der Waals surface area contributed by atoms with Crippen molar-refractivity contribution < 1.29 is 4.79 Å². The van der Waals surface area contributed by atoms with Gasteiger partial charge in [0, 0.05) is 19.3 Å². The Labute approximate surface area is 117 Å². The van der Waals surface area contributed by atoms with Gasteiger partial charge >= 0.3 is 5.69 Å². The van der Waals surface area contributed by atoms with Gasteiger partial charge in [-0.05, 0) is 38.8 Å². The SMILES string of the molecule is CC(=O)c1c[nH]c(=O)n(CC(C)CN2CCCC2)c1=O. The molecule has 1 aromatic heterocycles. The number of carbonyl (C=O) groups is 1. The maximum Gasteiger partial charge on any atom is 0.328 e. The summed E-state index contributed by atoms with van der Waals surface area (Å²) in [4.78, 5) is 40.0. The molecule has 1 unspecified atom stereocenters. The molecule has 1 N–H and O–H groups in total. The van der Waals surface area contributed by atoms with Crippen LogP contribution in [0.4, 0.5) is 0 Å². The molecular formula is C14H21N3O3. The summed E-state index contributed by atoms with van der Waals surface area (Å²) >= 11 is 0. The van der Waals surface area contributed by atoms with Crippen LogP contribution in [-0.2, 0) is 6.54 Å². The lowest BCUT2D eigenvalue weighted by atomic mass is 10.1. The van der Waals surface area contributed by atoms with E-state index in [2.05, 4.69) is 9.88 Å². The van der Waals surface area contributed by atoms with Crippen LogP contribution in [-0.4, -0.2) is 39.9 Å². The molecule has 0 bridgehead atoms. The molecule has 1 aliphatic heterocycles. The molecule has 1 aliphatic rings. The van der Waals surface area contributed by atoms with E-state index in [0.717, 1.165) is 24.2 Å². The standard InChI is InChI=1S/C14H21N3O3/c1-10(8-16-5-3-4-6-16)9-17-13(19)12(11(2)18)7-15-14(17)20/h7,10H,3-6,8-9H2,1-2H3,(H,15,20). The first kappa shape index (κ1) is 14.7. The first-order valence-electron chi connectivity index (χ1n) is 7.05. The number of aromatic nitrogens is 2. The molecule has 0 aromatic carbocycles. The number of likely N-dealkylation sites (tertiary alicyclic amines) is 1. The molecule has 6 nitrogen and oxygen atoms in total. The van der Waals surface area contributed by atoms with Crippen LogP contribution in [0.2, 0.25) is 0 Å². The van der Waals surface area contributed by atoms with E-state index in [1.54, 1.807) is 0 Å². The summed E-state index contributed by atoms with van der Waals surface area (Å²) in [6, 6.07) is 0. The van der Waals surface area contributed by atoms with Crippen LogP contribution in [0.3, 0.4) is 0 Å². The number of carbonyl (C=O) groups excluding carboxylic acids is 1. The minimum Gasteiger partial charge on any atom is -0.313 e. The zero-order valence-corrected chi connectivity index (χ0v) is 12.0. The van der Waals surface area contributed by atoms with Crippen LogP contribution in [0.25, 0.3) is 0 Å². The first-order chi connectivity index (χ1) is 9.49. The highest BCUT2D eigenvalue weighted by molar-refractivity contribution is 5.93. The zero-order chi connectivity index (χ0) is 14.7. The van der Waals surface area contributed by atoms with Gasteiger partial charge in [0.05, 0.1) is 5.56 Å². The summed E-state index contributed by atoms with van der Waals surface area (Å²) in [7, 11) is 0. The van der Waals surface area contributed by atoms with Crippen molar-refractivity contribution in [3.05, 3.63) is 32.6 Å². The van der Waals surface area contributed by atoms with Gasteiger partial charge < -0.3 is 9.88 Å². The third-order valence-electron chi connectivity index (χ3n) is 3.70. The van der Waals surface area contributed by atoms with Gasteiger partial charge in [-0.15, -0.1) is 0 Å². The Balaban J connectivity index is 2.15. The van der Waals surface area contributed by atoms with Crippen molar-refractivity contribution in [2.75, 3.05) is 19.6 Å². The lowest BCUT2D eigenvalue weighted by molar-refractivity contribution is 0.101. The molecule has 0 radical (unpaired) electrons. The molecule has 110 valence electrons. The summed E-state index contributed by atoms with van der Waals surface area (Å²) in [6.45, 7) is 6.73. The average Bonchev–Trinajstić information content (AvgIpc) is 2.86. The predicted octanol–water partition coefficient (Wildman–Crippen LogP) is 0.471. The number of Topliss-reactive ketones (excluding diaryl/α,β-unsaturated/α-hetero) is 1. The van der Waals surface area contributed by atoms with Gasteiger partial charge in [-0.2, -0.15) is 0 Å². The lowest BCUT2D eigenvalue weighted by Gasteiger charge is -2.20. The van der Waals surface area contributed by atoms with Crippen LogP contribution >= 0.6 is 0 Å². The molecule has 1 saturated heterocycles. The van der Waals surface area contributed by atoms with Gasteiger partial charge in [0.25, 0.3) is 5.56 Å². The zero-order valence-electron chi connectivity index (χ0n) is 12.0. The number of hydrogen-bond donors (Lipinski definition) is 1. The van der Waals surface area contributed by atoms with E-state index in [1.807, 2.05) is 6.92 Å². The molecule has 1 fully saturated rings. The molecule has 0 saturated carbocycles. The molecule has 0 aliphatic carbocycles. The maximum atomic E-state index is 12.1. The first-order valence-corrected chi connectivity index (χ1v) is 7.05. The molecule has 20 heavy (non-hydrogen) atoms. The summed E-state index contributed by atoms with van der Waals surface area (Å²) in [5.41, 5.74) is -0.902. The Hall–Kier alpha value is -1.69. The van der Waals surface area contributed by atoms with Crippen molar-refractivity contribution >= 4 is 5.78 Å². The fourth-order valence-electron chi connectivity index (χ4n) is 2.70. The van der Waals surface area contributed by atoms with Crippen LogP contribution in [0.1, 0.15) is 37.0 Å². The fraction of sp³-hybridized carbons (Fsp3) is 0.643. The van der Waals surface area contributed by atoms with E-state index in [-0.39, 0.29) is 17.3 Å². The molecule has 2 rings (SSSR count). The van der Waals surface area contributed by atoms with Gasteiger partial charge in [-0.25, -0.2) is 4.79 Å². The Bertz CT molecular complexity index is 596. The Morgan fingerprint density at radius 3 is 2.55 bits per heavy atom. The molecule has 1 atom stereocenters. The normalized spacial score (nSPS) is 17.3. The number of hydrogen-bond acceptors (Lipinski definition) is 4. The second-order valence-electron chi connectivity index (χ2n) is 5.59.